The third kappa shape index (κ3) is 3.23. The fraction of sp³-hybridized carbons (Fsp3) is 0.0909. The fourth-order valence-electron chi connectivity index (χ4n) is 0.892. The summed E-state index contributed by atoms with van der Waals surface area (Å²) in [7, 11) is 0. The summed E-state index contributed by atoms with van der Waals surface area (Å²) in [4.78, 5) is 21.2. The molecule has 0 aliphatic heterocycles. The Kier molecular flexibility index (Phi) is 4.14. The number of hydrogen-bond donors (Lipinski definition) is 0. The van der Waals surface area contributed by atoms with E-state index in [9.17, 15) is 9.59 Å². The Balaban J connectivity index is 2.43. The summed E-state index contributed by atoms with van der Waals surface area (Å²) < 4.78 is 4.85. The van der Waals surface area contributed by atoms with Crippen LogP contribution in [0.1, 0.15) is 10.4 Å². The van der Waals surface area contributed by atoms with E-state index >= 15 is 0 Å². The molecule has 0 N–H and O–H groups in total. The molecule has 0 fully saturated rings. The van der Waals surface area contributed by atoms with Crippen molar-refractivity contribution in [3.63, 3.8) is 0 Å². The number of hydrogen-bond acceptors (Lipinski definition) is 3. The molecular weight excluding hydrogens is 180 g/mol. The third-order valence-corrected chi connectivity index (χ3v) is 1.53. The maximum Gasteiger partial charge on any atom is 0.338 e. The SMILES string of the molecule is O=CC=CCOC(=O)c1ccccc1. The van der Waals surface area contributed by atoms with Crippen LogP contribution in [-0.4, -0.2) is 18.9 Å². The topological polar surface area (TPSA) is 43.4 Å². The summed E-state index contributed by atoms with van der Waals surface area (Å²) in [5, 5.41) is 0. The van der Waals surface area contributed by atoms with Crippen LogP contribution >= 0.6 is 0 Å². The van der Waals surface area contributed by atoms with Gasteiger partial charge in [0.15, 0.2) is 0 Å². The molecule has 1 aromatic rings. The minimum atomic E-state index is -0.388. The Hall–Kier alpha value is -1.90. The molecule has 0 aliphatic carbocycles. The monoisotopic (exact) mass is 190 g/mol. The van der Waals surface area contributed by atoms with E-state index in [1.807, 2.05) is 6.07 Å². The van der Waals surface area contributed by atoms with Gasteiger partial charge in [-0.05, 0) is 24.3 Å². The van der Waals surface area contributed by atoms with Crippen LogP contribution in [0.15, 0.2) is 42.5 Å². The minimum absolute atomic E-state index is 0.118. The molecule has 72 valence electrons. The van der Waals surface area contributed by atoms with Gasteiger partial charge in [0.05, 0.1) is 5.56 Å². The molecular formula is C11H10O3. The first kappa shape index (κ1) is 10.2. The van der Waals surface area contributed by atoms with E-state index in [4.69, 9.17) is 4.74 Å². The second-order valence-corrected chi connectivity index (χ2v) is 2.53. The highest BCUT2D eigenvalue weighted by molar-refractivity contribution is 5.89. The van der Waals surface area contributed by atoms with Crippen LogP contribution in [-0.2, 0) is 9.53 Å². The maximum atomic E-state index is 11.3. The second-order valence-electron chi connectivity index (χ2n) is 2.53. The Morgan fingerprint density at radius 2 is 2.00 bits per heavy atom. The lowest BCUT2D eigenvalue weighted by Crippen LogP contribution is -2.04. The molecule has 0 unspecified atom stereocenters. The first-order valence-corrected chi connectivity index (χ1v) is 4.17. The highest BCUT2D eigenvalue weighted by Gasteiger charge is 2.03. The van der Waals surface area contributed by atoms with Crippen LogP contribution in [0.2, 0.25) is 0 Å². The Morgan fingerprint density at radius 3 is 2.64 bits per heavy atom. The molecule has 3 heteroatoms. The van der Waals surface area contributed by atoms with Gasteiger partial charge in [0.25, 0.3) is 0 Å². The van der Waals surface area contributed by atoms with Gasteiger partial charge in [0.1, 0.15) is 12.9 Å². The Bertz CT molecular complexity index is 328. The van der Waals surface area contributed by atoms with Gasteiger partial charge < -0.3 is 4.74 Å². The molecule has 0 saturated heterocycles. The van der Waals surface area contributed by atoms with Crippen molar-refractivity contribution in [3.05, 3.63) is 48.0 Å². The van der Waals surface area contributed by atoms with Crippen molar-refractivity contribution < 1.29 is 14.3 Å². The third-order valence-electron chi connectivity index (χ3n) is 1.53. The number of benzene rings is 1. The number of ether oxygens (including phenoxy) is 1. The predicted octanol–water partition coefficient (Wildman–Crippen LogP) is 1.60. The first-order chi connectivity index (χ1) is 6.84. The van der Waals surface area contributed by atoms with Crippen LogP contribution in [0.4, 0.5) is 0 Å². The Morgan fingerprint density at radius 1 is 1.29 bits per heavy atom. The molecule has 0 aliphatic rings. The molecule has 1 aromatic carbocycles. The zero-order valence-corrected chi connectivity index (χ0v) is 7.55. The van der Waals surface area contributed by atoms with E-state index in [-0.39, 0.29) is 12.6 Å². The predicted molar refractivity (Wildman–Crippen MR) is 51.9 cm³/mol. The molecule has 0 spiro atoms. The number of carbonyl (C=O) groups excluding carboxylic acids is 2. The van der Waals surface area contributed by atoms with Gasteiger partial charge in [-0.2, -0.15) is 0 Å². The van der Waals surface area contributed by atoms with Crippen molar-refractivity contribution in [2.24, 2.45) is 0 Å². The quantitative estimate of drug-likeness (QED) is 0.411. The van der Waals surface area contributed by atoms with Crippen molar-refractivity contribution in [1.29, 1.82) is 0 Å². The van der Waals surface area contributed by atoms with E-state index in [0.717, 1.165) is 0 Å². The average Bonchev–Trinajstić information content (AvgIpc) is 2.25. The number of esters is 1. The fourth-order valence-corrected chi connectivity index (χ4v) is 0.892. The van der Waals surface area contributed by atoms with Crippen LogP contribution < -0.4 is 0 Å². The van der Waals surface area contributed by atoms with E-state index in [2.05, 4.69) is 0 Å². The molecule has 0 bridgehead atoms. The summed E-state index contributed by atoms with van der Waals surface area (Å²) in [5.74, 6) is -0.388. The molecule has 1 rings (SSSR count). The van der Waals surface area contributed by atoms with Crippen molar-refractivity contribution >= 4 is 12.3 Å². The molecule has 0 saturated carbocycles. The van der Waals surface area contributed by atoms with Gasteiger partial charge in [-0.25, -0.2) is 4.79 Å². The standard InChI is InChI=1S/C11H10O3/c12-8-4-5-9-14-11(13)10-6-2-1-3-7-10/h1-8H,9H2. The van der Waals surface area contributed by atoms with Crippen molar-refractivity contribution in [3.8, 4) is 0 Å². The zero-order chi connectivity index (χ0) is 10.2. The molecule has 0 atom stereocenters. The number of aldehydes is 1. The summed E-state index contributed by atoms with van der Waals surface area (Å²) in [5.41, 5.74) is 0.506. The van der Waals surface area contributed by atoms with Crippen LogP contribution in [0.3, 0.4) is 0 Å². The summed E-state index contributed by atoms with van der Waals surface area (Å²) >= 11 is 0. The minimum Gasteiger partial charge on any atom is -0.458 e. The number of carbonyl (C=O) groups is 2. The number of rotatable bonds is 4. The molecule has 0 aromatic heterocycles. The van der Waals surface area contributed by atoms with Crippen molar-refractivity contribution in [2.75, 3.05) is 6.61 Å². The van der Waals surface area contributed by atoms with E-state index < -0.39 is 0 Å². The number of allylic oxidation sites excluding steroid dienone is 1. The van der Waals surface area contributed by atoms with Gasteiger partial charge in [0, 0.05) is 0 Å². The summed E-state index contributed by atoms with van der Waals surface area (Å²) in [6.07, 6.45) is 3.41. The van der Waals surface area contributed by atoms with Crippen LogP contribution in [0.5, 0.6) is 0 Å². The Labute approximate surface area is 82.0 Å². The van der Waals surface area contributed by atoms with Gasteiger partial charge in [-0.3, -0.25) is 4.79 Å². The van der Waals surface area contributed by atoms with Gasteiger partial charge >= 0.3 is 5.97 Å². The average molecular weight is 190 g/mol. The largest absolute Gasteiger partial charge is 0.458 e. The van der Waals surface area contributed by atoms with Gasteiger partial charge in [-0.15, -0.1) is 0 Å². The first-order valence-electron chi connectivity index (χ1n) is 4.17. The molecule has 0 heterocycles. The van der Waals surface area contributed by atoms with Crippen LogP contribution in [0.25, 0.3) is 0 Å². The molecule has 0 radical (unpaired) electrons. The van der Waals surface area contributed by atoms with Crippen LogP contribution in [0, 0.1) is 0 Å². The lowest BCUT2D eigenvalue weighted by Gasteiger charge is -2.00. The highest BCUT2D eigenvalue weighted by Crippen LogP contribution is 2.00. The van der Waals surface area contributed by atoms with Gasteiger partial charge in [-0.1, -0.05) is 18.2 Å². The van der Waals surface area contributed by atoms with Crippen molar-refractivity contribution in [2.45, 2.75) is 0 Å². The normalized spacial score (nSPS) is 10.0. The lowest BCUT2D eigenvalue weighted by atomic mass is 10.2. The molecule has 3 nitrogen and oxygen atoms in total. The summed E-state index contributed by atoms with van der Waals surface area (Å²) in [6.45, 7) is 0.118. The zero-order valence-electron chi connectivity index (χ0n) is 7.55. The maximum absolute atomic E-state index is 11.3. The smallest absolute Gasteiger partial charge is 0.338 e. The summed E-state index contributed by atoms with van der Waals surface area (Å²) in [6, 6.07) is 8.69. The van der Waals surface area contributed by atoms with E-state index in [1.165, 1.54) is 12.2 Å². The van der Waals surface area contributed by atoms with Crippen molar-refractivity contribution in [1.82, 2.24) is 0 Å². The highest BCUT2D eigenvalue weighted by atomic mass is 16.5. The van der Waals surface area contributed by atoms with E-state index in [0.29, 0.717) is 11.8 Å². The molecule has 14 heavy (non-hydrogen) atoms. The van der Waals surface area contributed by atoms with E-state index in [1.54, 1.807) is 24.3 Å². The lowest BCUT2D eigenvalue weighted by molar-refractivity contribution is -0.104. The van der Waals surface area contributed by atoms with Gasteiger partial charge in [0.2, 0.25) is 0 Å². The second kappa shape index (κ2) is 5.70. The molecule has 0 amide bonds.